The molecular weight excluding hydrogens is 624 g/mol. The Labute approximate surface area is 308 Å². The van der Waals surface area contributed by atoms with Gasteiger partial charge in [0.1, 0.15) is 6.61 Å². The number of carbonyl (C=O) groups excluding carboxylic acids is 2. The monoisotopic (exact) mass is 703 g/mol. The van der Waals surface area contributed by atoms with Crippen molar-refractivity contribution in [1.82, 2.24) is 0 Å². The van der Waals surface area contributed by atoms with Crippen LogP contribution in [0.1, 0.15) is 188 Å². The summed E-state index contributed by atoms with van der Waals surface area (Å²) in [4.78, 5) is 24.3. The minimum Gasteiger partial charge on any atom is -0.462 e. The van der Waals surface area contributed by atoms with Crippen molar-refractivity contribution < 1.29 is 29.3 Å². The predicted molar refractivity (Wildman–Crippen MR) is 211 cm³/mol. The Bertz CT molecular complexity index is 872. The van der Waals surface area contributed by atoms with Gasteiger partial charge in [0.25, 0.3) is 0 Å². The fourth-order valence-corrected chi connectivity index (χ4v) is 5.69. The number of esters is 2. The largest absolute Gasteiger partial charge is 0.462 e. The highest BCUT2D eigenvalue weighted by Crippen LogP contribution is 2.15. The van der Waals surface area contributed by atoms with Crippen LogP contribution in [-0.2, 0) is 19.1 Å². The van der Waals surface area contributed by atoms with E-state index in [-0.39, 0.29) is 37.7 Å². The van der Waals surface area contributed by atoms with E-state index >= 15 is 0 Å². The average molecular weight is 703 g/mol. The quantitative estimate of drug-likeness (QED) is 0.0383. The lowest BCUT2D eigenvalue weighted by Crippen LogP contribution is -2.28. The number of allylic oxidation sites excluding steroid dienone is 8. The Morgan fingerprint density at radius 2 is 0.940 bits per heavy atom. The highest BCUT2D eigenvalue weighted by atomic mass is 16.6. The summed E-state index contributed by atoms with van der Waals surface area (Å²) in [5.41, 5.74) is 0. The predicted octanol–water partition coefficient (Wildman–Crippen LogP) is 11.8. The lowest BCUT2D eigenvalue weighted by Gasteiger charge is -2.15. The van der Waals surface area contributed by atoms with Gasteiger partial charge in [-0.25, -0.2) is 0 Å². The van der Waals surface area contributed by atoms with Crippen molar-refractivity contribution in [2.24, 2.45) is 5.92 Å². The molecule has 0 aliphatic rings. The highest BCUT2D eigenvalue weighted by Gasteiger charge is 2.16. The highest BCUT2D eigenvalue weighted by molar-refractivity contribution is 5.70. The van der Waals surface area contributed by atoms with Gasteiger partial charge in [-0.1, -0.05) is 159 Å². The number of aliphatic hydroxyl groups is 2. The van der Waals surface area contributed by atoms with E-state index in [9.17, 15) is 19.8 Å². The Morgan fingerprint density at radius 1 is 0.520 bits per heavy atom. The maximum absolute atomic E-state index is 12.2. The normalized spacial score (nSPS) is 13.4. The van der Waals surface area contributed by atoms with E-state index in [0.717, 1.165) is 70.1 Å². The lowest BCUT2D eigenvalue weighted by molar-refractivity contribution is -0.161. The Morgan fingerprint density at radius 3 is 1.40 bits per heavy atom. The van der Waals surface area contributed by atoms with Gasteiger partial charge in [-0.3, -0.25) is 9.59 Å². The lowest BCUT2D eigenvalue weighted by atomic mass is 10.0. The van der Waals surface area contributed by atoms with Gasteiger partial charge in [-0.15, -0.1) is 0 Å². The molecule has 0 heterocycles. The summed E-state index contributed by atoms with van der Waals surface area (Å²) in [5, 5.41) is 18.8. The SMILES string of the molecule is CC(C)CCCCCCCCCCCCCCCCCC(=O)OC[C@H](CO)OC(=O)CCC/C=C\C/C=C\C/C=C\C/C=C\CCC[C@H](C)O. The number of rotatable bonds is 36. The van der Waals surface area contributed by atoms with Crippen molar-refractivity contribution >= 4 is 11.9 Å². The summed E-state index contributed by atoms with van der Waals surface area (Å²) >= 11 is 0. The van der Waals surface area contributed by atoms with Crippen LogP contribution in [0, 0.1) is 5.92 Å². The Balaban J connectivity index is 3.63. The zero-order valence-electron chi connectivity index (χ0n) is 32.7. The zero-order chi connectivity index (χ0) is 36.8. The van der Waals surface area contributed by atoms with Gasteiger partial charge in [0.2, 0.25) is 0 Å². The minimum atomic E-state index is -0.808. The van der Waals surface area contributed by atoms with E-state index in [1.54, 1.807) is 0 Å². The van der Waals surface area contributed by atoms with Gasteiger partial charge < -0.3 is 19.7 Å². The number of aliphatic hydroxyl groups excluding tert-OH is 2. The molecule has 0 saturated carbocycles. The van der Waals surface area contributed by atoms with Crippen LogP contribution < -0.4 is 0 Å². The molecule has 0 aliphatic carbocycles. The van der Waals surface area contributed by atoms with E-state index in [4.69, 9.17) is 9.47 Å². The molecule has 0 aromatic carbocycles. The second kappa shape index (κ2) is 38.1. The van der Waals surface area contributed by atoms with Crippen molar-refractivity contribution in [1.29, 1.82) is 0 Å². The summed E-state index contributed by atoms with van der Waals surface area (Å²) in [5.74, 6) is 0.179. The summed E-state index contributed by atoms with van der Waals surface area (Å²) < 4.78 is 10.6. The number of hydrogen-bond acceptors (Lipinski definition) is 6. The third-order valence-corrected chi connectivity index (χ3v) is 8.82. The topological polar surface area (TPSA) is 93.1 Å². The fraction of sp³-hybridized carbons (Fsp3) is 0.773. The van der Waals surface area contributed by atoms with Gasteiger partial charge in [0.05, 0.1) is 12.7 Å². The van der Waals surface area contributed by atoms with E-state index in [1.807, 2.05) is 6.92 Å². The van der Waals surface area contributed by atoms with E-state index in [2.05, 4.69) is 62.5 Å². The fourth-order valence-electron chi connectivity index (χ4n) is 5.69. The van der Waals surface area contributed by atoms with Crippen LogP contribution in [0.25, 0.3) is 0 Å². The molecule has 0 spiro atoms. The molecule has 6 heteroatoms. The molecular formula is C44H78O6. The third-order valence-electron chi connectivity index (χ3n) is 8.82. The molecule has 290 valence electrons. The smallest absolute Gasteiger partial charge is 0.306 e. The molecule has 0 fully saturated rings. The standard InChI is InChI=1S/C44H78O6/c1-40(2)34-30-26-22-18-14-10-6-4-8-12-16-20-24-28-32-36-43(47)49-39-42(38-45)50-44(48)37-33-29-25-21-17-13-9-5-7-11-15-19-23-27-31-35-41(3)46/h7,9,11,13,19,21,23,25,40-42,45-46H,4-6,8,10,12,14-18,20,22,24,26-39H2,1-3H3/b11-7-,13-9-,23-19-,25-21-/t41-,42-/m0/s1. The van der Waals surface area contributed by atoms with E-state index < -0.39 is 6.10 Å². The van der Waals surface area contributed by atoms with Crippen LogP contribution in [0.2, 0.25) is 0 Å². The van der Waals surface area contributed by atoms with Crippen LogP contribution in [0.5, 0.6) is 0 Å². The van der Waals surface area contributed by atoms with Crippen molar-refractivity contribution in [2.75, 3.05) is 13.2 Å². The van der Waals surface area contributed by atoms with Crippen molar-refractivity contribution in [3.8, 4) is 0 Å². The van der Waals surface area contributed by atoms with Gasteiger partial charge in [0.15, 0.2) is 6.10 Å². The summed E-state index contributed by atoms with van der Waals surface area (Å²) in [7, 11) is 0. The third kappa shape index (κ3) is 38.6. The zero-order valence-corrected chi connectivity index (χ0v) is 32.7. The molecule has 6 nitrogen and oxygen atoms in total. The molecule has 0 aromatic heterocycles. The molecule has 0 bridgehead atoms. The van der Waals surface area contributed by atoms with Crippen molar-refractivity contribution in [2.45, 2.75) is 200 Å². The number of unbranched alkanes of at least 4 members (excludes halogenated alkanes) is 16. The molecule has 50 heavy (non-hydrogen) atoms. The second-order valence-corrected chi connectivity index (χ2v) is 14.5. The maximum atomic E-state index is 12.2. The summed E-state index contributed by atoms with van der Waals surface area (Å²) in [6.45, 7) is 6.00. The van der Waals surface area contributed by atoms with Crippen LogP contribution in [-0.4, -0.2) is 47.6 Å². The van der Waals surface area contributed by atoms with Crippen LogP contribution in [0.4, 0.5) is 0 Å². The number of ether oxygens (including phenoxy) is 2. The Hall–Kier alpha value is -2.18. The minimum absolute atomic E-state index is 0.0949. The molecule has 0 aliphatic heterocycles. The molecule has 0 saturated heterocycles. The summed E-state index contributed by atoms with van der Waals surface area (Å²) in [6, 6.07) is 0. The first-order valence-corrected chi connectivity index (χ1v) is 20.6. The molecule has 2 atom stereocenters. The first kappa shape index (κ1) is 47.8. The maximum Gasteiger partial charge on any atom is 0.306 e. The van der Waals surface area contributed by atoms with Gasteiger partial charge in [0, 0.05) is 12.8 Å². The van der Waals surface area contributed by atoms with Crippen LogP contribution in [0.3, 0.4) is 0 Å². The summed E-state index contributed by atoms with van der Waals surface area (Å²) in [6.07, 6.45) is 44.5. The van der Waals surface area contributed by atoms with Crippen molar-refractivity contribution in [3.63, 3.8) is 0 Å². The van der Waals surface area contributed by atoms with E-state index in [1.165, 1.54) is 83.5 Å². The molecule has 2 N–H and O–H groups in total. The van der Waals surface area contributed by atoms with Crippen LogP contribution >= 0.6 is 0 Å². The first-order valence-electron chi connectivity index (χ1n) is 20.6. The molecule has 0 amide bonds. The van der Waals surface area contributed by atoms with Gasteiger partial charge >= 0.3 is 11.9 Å². The number of carbonyl (C=O) groups is 2. The van der Waals surface area contributed by atoms with Gasteiger partial charge in [-0.05, 0) is 70.6 Å². The van der Waals surface area contributed by atoms with Crippen LogP contribution in [0.15, 0.2) is 48.6 Å². The molecule has 0 aromatic rings. The second-order valence-electron chi connectivity index (χ2n) is 14.5. The number of hydrogen-bond donors (Lipinski definition) is 2. The first-order chi connectivity index (χ1) is 24.3. The Kier molecular flexibility index (Phi) is 36.4. The van der Waals surface area contributed by atoms with Gasteiger partial charge in [-0.2, -0.15) is 0 Å². The average Bonchev–Trinajstić information content (AvgIpc) is 3.09. The van der Waals surface area contributed by atoms with Crippen molar-refractivity contribution in [3.05, 3.63) is 48.6 Å². The molecule has 0 unspecified atom stereocenters. The molecule has 0 radical (unpaired) electrons. The van der Waals surface area contributed by atoms with E-state index in [0.29, 0.717) is 12.8 Å². The molecule has 0 rings (SSSR count).